The van der Waals surface area contributed by atoms with Crippen LogP contribution in [0.5, 0.6) is 0 Å². The summed E-state index contributed by atoms with van der Waals surface area (Å²) in [5.74, 6) is 1.29. The highest BCUT2D eigenvalue weighted by Crippen LogP contribution is 2.44. The molecule has 1 atom stereocenters. The minimum absolute atomic E-state index is 0.338. The molecule has 0 heterocycles. The van der Waals surface area contributed by atoms with Crippen molar-refractivity contribution in [3.8, 4) is 0 Å². The van der Waals surface area contributed by atoms with Crippen LogP contribution in [0.2, 0.25) is 0 Å². The monoisotopic (exact) mass is 136 g/mol. The van der Waals surface area contributed by atoms with Crippen LogP contribution in [-0.2, 0) is 0 Å². The van der Waals surface area contributed by atoms with Crippen molar-refractivity contribution in [2.45, 2.75) is 13.8 Å². The first-order valence-electron chi connectivity index (χ1n) is 2.65. The lowest BCUT2D eigenvalue weighted by atomic mass is 11.0. The molecule has 0 rings (SSSR count). The van der Waals surface area contributed by atoms with Gasteiger partial charge in [-0.05, 0) is 18.6 Å². The molecule has 0 saturated carbocycles. The van der Waals surface area contributed by atoms with Gasteiger partial charge in [-0.1, -0.05) is 21.0 Å². The van der Waals surface area contributed by atoms with Crippen LogP contribution in [0.4, 0.5) is 0 Å². The van der Waals surface area contributed by atoms with Crippen molar-refractivity contribution in [2.24, 2.45) is 0 Å². The number of hydrogen-bond donors (Lipinski definition) is 0. The zero-order chi connectivity index (χ0) is 5.70. The Labute approximate surface area is 51.6 Å². The Balaban J connectivity index is 2.83. The van der Waals surface area contributed by atoms with Gasteiger partial charge in [0.2, 0.25) is 0 Å². The van der Waals surface area contributed by atoms with Gasteiger partial charge in [0, 0.05) is 0 Å². The Morgan fingerprint density at radius 1 is 1.43 bits per heavy atom. The molecule has 0 aromatic carbocycles. The minimum atomic E-state index is 0.338. The van der Waals surface area contributed by atoms with Crippen molar-refractivity contribution in [1.82, 2.24) is 0 Å². The van der Waals surface area contributed by atoms with Crippen LogP contribution in [-0.4, -0.2) is 18.6 Å². The first-order chi connectivity index (χ1) is 3.31. The summed E-state index contributed by atoms with van der Waals surface area (Å²) in [6.07, 6.45) is 1.37. The van der Waals surface area contributed by atoms with Gasteiger partial charge in [-0.3, -0.25) is 0 Å². The van der Waals surface area contributed by atoms with Crippen molar-refractivity contribution >= 4 is 18.5 Å². The SMILES string of the molecule is CCSP(C)CC. The lowest BCUT2D eigenvalue weighted by Crippen LogP contribution is -1.68. The standard InChI is InChI=1S/C5H13PS/c1-4-6(3)7-5-2/h4-5H2,1-3H3. The second kappa shape index (κ2) is 4.93. The van der Waals surface area contributed by atoms with Gasteiger partial charge in [0.05, 0.1) is 0 Å². The van der Waals surface area contributed by atoms with E-state index in [9.17, 15) is 0 Å². The van der Waals surface area contributed by atoms with Crippen LogP contribution >= 0.6 is 18.5 Å². The van der Waals surface area contributed by atoms with Crippen LogP contribution < -0.4 is 0 Å². The molecule has 2 heteroatoms. The Morgan fingerprint density at radius 2 is 2.00 bits per heavy atom. The predicted octanol–water partition coefficient (Wildman–Crippen LogP) is 2.79. The van der Waals surface area contributed by atoms with Gasteiger partial charge in [0.25, 0.3) is 0 Å². The van der Waals surface area contributed by atoms with Gasteiger partial charge >= 0.3 is 0 Å². The topological polar surface area (TPSA) is 0 Å². The Kier molecular flexibility index (Phi) is 5.48. The van der Waals surface area contributed by atoms with E-state index in [0.717, 1.165) is 0 Å². The molecule has 0 nitrogen and oxygen atoms in total. The van der Waals surface area contributed by atoms with E-state index in [-0.39, 0.29) is 0 Å². The maximum Gasteiger partial charge on any atom is -0.00543 e. The maximum atomic E-state index is 2.34. The lowest BCUT2D eigenvalue weighted by molar-refractivity contribution is 1.51. The summed E-state index contributed by atoms with van der Waals surface area (Å²) in [5.41, 5.74) is 0. The normalized spacial score (nSPS) is 14.1. The van der Waals surface area contributed by atoms with E-state index < -0.39 is 0 Å². The Morgan fingerprint density at radius 3 is 2.14 bits per heavy atom. The summed E-state index contributed by atoms with van der Waals surface area (Å²) < 4.78 is 0. The van der Waals surface area contributed by atoms with E-state index in [1.807, 2.05) is 0 Å². The first kappa shape index (κ1) is 7.78. The van der Waals surface area contributed by atoms with Gasteiger partial charge in [-0.25, -0.2) is 0 Å². The molecule has 7 heavy (non-hydrogen) atoms. The maximum absolute atomic E-state index is 2.34. The van der Waals surface area contributed by atoms with Gasteiger partial charge in [-0.2, -0.15) is 0 Å². The molecule has 0 amide bonds. The molecular weight excluding hydrogens is 123 g/mol. The zero-order valence-electron chi connectivity index (χ0n) is 5.27. The molecule has 0 aromatic rings. The molecule has 44 valence electrons. The molecule has 0 aliphatic rings. The molecule has 0 radical (unpaired) electrons. The van der Waals surface area contributed by atoms with E-state index in [1.54, 1.807) is 0 Å². The first-order valence-corrected chi connectivity index (χ1v) is 6.21. The third-order valence-electron chi connectivity index (χ3n) is 0.795. The van der Waals surface area contributed by atoms with Crippen molar-refractivity contribution in [3.63, 3.8) is 0 Å². The molecule has 0 bridgehead atoms. The summed E-state index contributed by atoms with van der Waals surface area (Å²) in [5, 5.41) is 0. The molecule has 0 fully saturated rings. The largest absolute Gasteiger partial charge is 0.135 e. The molecule has 0 spiro atoms. The molecule has 0 saturated heterocycles. The second-order valence-corrected chi connectivity index (χ2v) is 6.73. The summed E-state index contributed by atoms with van der Waals surface area (Å²) in [7, 11) is 0.338. The fraction of sp³-hybridized carbons (Fsp3) is 1.00. The summed E-state index contributed by atoms with van der Waals surface area (Å²) >= 11 is 2.10. The summed E-state index contributed by atoms with van der Waals surface area (Å²) in [6.45, 7) is 6.82. The summed E-state index contributed by atoms with van der Waals surface area (Å²) in [6, 6.07) is 0. The highest BCUT2D eigenvalue weighted by atomic mass is 32.7. The summed E-state index contributed by atoms with van der Waals surface area (Å²) in [4.78, 5) is 0. The van der Waals surface area contributed by atoms with Crippen LogP contribution in [0.15, 0.2) is 0 Å². The smallest absolute Gasteiger partial charge is 0.00543 e. The third-order valence-corrected chi connectivity index (χ3v) is 5.26. The lowest BCUT2D eigenvalue weighted by Gasteiger charge is -2.03. The fourth-order valence-corrected chi connectivity index (χ4v) is 2.81. The molecule has 0 aliphatic heterocycles. The van der Waals surface area contributed by atoms with Gasteiger partial charge in [0.1, 0.15) is 0 Å². The Hall–Kier alpha value is 0.780. The minimum Gasteiger partial charge on any atom is -0.135 e. The van der Waals surface area contributed by atoms with Crippen LogP contribution in [0, 0.1) is 0 Å². The second-order valence-electron chi connectivity index (χ2n) is 1.36. The molecule has 1 unspecified atom stereocenters. The van der Waals surface area contributed by atoms with E-state index in [1.165, 1.54) is 11.9 Å². The zero-order valence-corrected chi connectivity index (χ0v) is 6.98. The molecule has 0 aliphatic carbocycles. The van der Waals surface area contributed by atoms with Crippen molar-refractivity contribution < 1.29 is 0 Å². The Bertz CT molecular complexity index is 39.1. The van der Waals surface area contributed by atoms with Crippen LogP contribution in [0.25, 0.3) is 0 Å². The fourth-order valence-electron chi connectivity index (χ4n) is 0.312. The third kappa shape index (κ3) is 4.64. The van der Waals surface area contributed by atoms with Gasteiger partial charge in [0.15, 0.2) is 0 Å². The van der Waals surface area contributed by atoms with Crippen molar-refractivity contribution in [3.05, 3.63) is 0 Å². The van der Waals surface area contributed by atoms with E-state index in [2.05, 4.69) is 31.9 Å². The number of hydrogen-bond acceptors (Lipinski definition) is 1. The molecular formula is C5H13PS. The van der Waals surface area contributed by atoms with Crippen LogP contribution in [0.1, 0.15) is 13.8 Å². The predicted molar refractivity (Wildman–Crippen MR) is 41.5 cm³/mol. The highest BCUT2D eigenvalue weighted by molar-refractivity contribution is 8.55. The number of rotatable bonds is 3. The van der Waals surface area contributed by atoms with Crippen molar-refractivity contribution in [1.29, 1.82) is 0 Å². The molecule has 0 N–H and O–H groups in total. The average Bonchev–Trinajstić information content (AvgIpc) is 1.68. The average molecular weight is 136 g/mol. The molecule has 0 aromatic heterocycles. The quantitative estimate of drug-likeness (QED) is 0.537. The van der Waals surface area contributed by atoms with E-state index in [4.69, 9.17) is 0 Å². The van der Waals surface area contributed by atoms with E-state index in [0.29, 0.717) is 7.12 Å². The highest BCUT2D eigenvalue weighted by Gasteiger charge is 1.91. The van der Waals surface area contributed by atoms with Crippen LogP contribution in [0.3, 0.4) is 0 Å². The van der Waals surface area contributed by atoms with Gasteiger partial charge in [-0.15, -0.1) is 11.4 Å². The van der Waals surface area contributed by atoms with Gasteiger partial charge < -0.3 is 0 Å². The van der Waals surface area contributed by atoms with Crippen molar-refractivity contribution in [2.75, 3.05) is 18.6 Å². The van der Waals surface area contributed by atoms with E-state index >= 15 is 0 Å².